The van der Waals surface area contributed by atoms with E-state index >= 15 is 0 Å². The Hall–Kier alpha value is -2.90. The summed E-state index contributed by atoms with van der Waals surface area (Å²) in [6, 6.07) is 19.0. The number of hydrogen-bond donors (Lipinski definition) is 0. The van der Waals surface area contributed by atoms with E-state index < -0.39 is 0 Å². The first-order valence-electron chi connectivity index (χ1n) is 10.2. The first-order valence-corrected chi connectivity index (χ1v) is 11.2. The summed E-state index contributed by atoms with van der Waals surface area (Å²) in [4.78, 5) is 9.03. The monoisotopic (exact) mass is 417 g/mol. The second kappa shape index (κ2) is 8.85. The molecule has 6 nitrogen and oxygen atoms in total. The Morgan fingerprint density at radius 2 is 1.67 bits per heavy atom. The average Bonchev–Trinajstić information content (AvgIpc) is 3.29. The highest BCUT2D eigenvalue weighted by Gasteiger charge is 2.18. The fraction of sp³-hybridized carbons (Fsp3) is 0.261. The second-order valence-electron chi connectivity index (χ2n) is 7.28. The summed E-state index contributed by atoms with van der Waals surface area (Å²) in [5.74, 6) is 1.48. The van der Waals surface area contributed by atoms with Gasteiger partial charge in [0.15, 0.2) is 0 Å². The second-order valence-corrected chi connectivity index (χ2v) is 8.33. The number of hydrogen-bond acceptors (Lipinski definition) is 7. The Labute approximate surface area is 179 Å². The number of aromatic nitrogens is 3. The molecule has 2 aromatic heterocycles. The topological polar surface area (TPSA) is 58.3 Å². The van der Waals surface area contributed by atoms with E-state index in [2.05, 4.69) is 67.4 Å². The van der Waals surface area contributed by atoms with Crippen LogP contribution < -0.4 is 4.90 Å². The third kappa shape index (κ3) is 4.17. The standard InChI is InChI=1S/C23H23N5OS/c1-2-6-20-18(4-1)5-3-7-21(20)28-14-12-27(13-15-28)16-17-30-23-26-25-22(29-23)19-8-10-24-11-9-19/h1-11H,12-17H2. The normalized spacial score (nSPS) is 15.0. The highest BCUT2D eigenvalue weighted by atomic mass is 32.2. The molecular formula is C23H23N5OS. The third-order valence-electron chi connectivity index (χ3n) is 5.45. The van der Waals surface area contributed by atoms with Crippen LogP contribution >= 0.6 is 11.8 Å². The summed E-state index contributed by atoms with van der Waals surface area (Å²) in [5, 5.41) is 11.6. The number of piperazine rings is 1. The molecule has 0 saturated carbocycles. The lowest BCUT2D eigenvalue weighted by molar-refractivity contribution is 0.273. The zero-order valence-electron chi connectivity index (χ0n) is 16.6. The van der Waals surface area contributed by atoms with Gasteiger partial charge in [0.25, 0.3) is 5.22 Å². The molecule has 0 amide bonds. The Morgan fingerprint density at radius 3 is 2.53 bits per heavy atom. The molecular weight excluding hydrogens is 394 g/mol. The van der Waals surface area contributed by atoms with Gasteiger partial charge < -0.3 is 9.32 Å². The van der Waals surface area contributed by atoms with Crippen LogP contribution in [0.2, 0.25) is 0 Å². The van der Waals surface area contributed by atoms with Crippen LogP contribution in [0, 0.1) is 0 Å². The largest absolute Gasteiger partial charge is 0.411 e. The van der Waals surface area contributed by atoms with Gasteiger partial charge in [0.1, 0.15) is 0 Å². The van der Waals surface area contributed by atoms with Crippen LogP contribution in [0.1, 0.15) is 0 Å². The van der Waals surface area contributed by atoms with Gasteiger partial charge >= 0.3 is 0 Å². The van der Waals surface area contributed by atoms with E-state index in [0.29, 0.717) is 11.1 Å². The fourth-order valence-corrected chi connectivity index (χ4v) is 4.60. The van der Waals surface area contributed by atoms with Gasteiger partial charge in [0, 0.05) is 67.5 Å². The lowest BCUT2D eigenvalue weighted by Gasteiger charge is -2.36. The first-order chi connectivity index (χ1) is 14.9. The van der Waals surface area contributed by atoms with Gasteiger partial charge in [0.05, 0.1) is 0 Å². The lowest BCUT2D eigenvalue weighted by atomic mass is 10.1. The van der Waals surface area contributed by atoms with Crippen molar-refractivity contribution >= 4 is 28.2 Å². The molecule has 1 fully saturated rings. The number of benzene rings is 2. The SMILES string of the molecule is c1ccc2c(N3CCN(CCSc4nnc(-c5ccncc5)o4)CC3)cccc2c1. The van der Waals surface area contributed by atoms with E-state index in [9.17, 15) is 0 Å². The molecule has 30 heavy (non-hydrogen) atoms. The van der Waals surface area contributed by atoms with Gasteiger partial charge in [-0.05, 0) is 23.6 Å². The van der Waals surface area contributed by atoms with Gasteiger partial charge in [0.2, 0.25) is 5.89 Å². The summed E-state index contributed by atoms with van der Waals surface area (Å²) >= 11 is 1.62. The van der Waals surface area contributed by atoms with E-state index in [4.69, 9.17) is 4.42 Å². The maximum Gasteiger partial charge on any atom is 0.276 e. The molecule has 4 aromatic rings. The zero-order valence-corrected chi connectivity index (χ0v) is 17.5. The number of anilines is 1. The van der Waals surface area contributed by atoms with Crippen molar-refractivity contribution in [2.75, 3.05) is 43.4 Å². The van der Waals surface area contributed by atoms with E-state index in [1.165, 1.54) is 16.5 Å². The Kier molecular flexibility index (Phi) is 5.63. The summed E-state index contributed by atoms with van der Waals surface area (Å²) in [6.45, 7) is 5.24. The third-order valence-corrected chi connectivity index (χ3v) is 6.25. The van der Waals surface area contributed by atoms with Crippen molar-refractivity contribution in [3.8, 4) is 11.5 Å². The summed E-state index contributed by atoms with van der Waals surface area (Å²) in [5.41, 5.74) is 2.24. The van der Waals surface area contributed by atoms with E-state index in [1.807, 2.05) is 12.1 Å². The number of pyridine rings is 1. The van der Waals surface area contributed by atoms with Crippen molar-refractivity contribution in [2.45, 2.75) is 5.22 Å². The molecule has 1 saturated heterocycles. The maximum atomic E-state index is 5.76. The van der Waals surface area contributed by atoms with Crippen LogP contribution in [0.25, 0.3) is 22.2 Å². The van der Waals surface area contributed by atoms with Gasteiger partial charge in [-0.25, -0.2) is 0 Å². The van der Waals surface area contributed by atoms with Crippen LogP contribution in [0.3, 0.4) is 0 Å². The van der Waals surface area contributed by atoms with Crippen LogP contribution in [-0.2, 0) is 0 Å². The van der Waals surface area contributed by atoms with Gasteiger partial charge in [-0.15, -0.1) is 10.2 Å². The van der Waals surface area contributed by atoms with Crippen molar-refractivity contribution in [2.24, 2.45) is 0 Å². The molecule has 152 valence electrons. The van der Waals surface area contributed by atoms with Crippen LogP contribution in [0.5, 0.6) is 0 Å². The fourth-order valence-electron chi connectivity index (χ4n) is 3.84. The van der Waals surface area contributed by atoms with Crippen molar-refractivity contribution in [3.05, 3.63) is 67.0 Å². The minimum atomic E-state index is 0.545. The summed E-state index contributed by atoms with van der Waals surface area (Å²) in [6.07, 6.45) is 3.45. The zero-order chi connectivity index (χ0) is 20.2. The molecule has 0 bridgehead atoms. The molecule has 1 aliphatic rings. The molecule has 0 spiro atoms. The van der Waals surface area contributed by atoms with Crippen LogP contribution in [0.4, 0.5) is 5.69 Å². The van der Waals surface area contributed by atoms with Gasteiger partial charge in [-0.1, -0.05) is 48.2 Å². The highest BCUT2D eigenvalue weighted by Crippen LogP contribution is 2.28. The smallest absolute Gasteiger partial charge is 0.276 e. The van der Waals surface area contributed by atoms with Crippen LogP contribution in [-0.4, -0.2) is 58.6 Å². The minimum absolute atomic E-state index is 0.545. The molecule has 0 aliphatic carbocycles. The quantitative estimate of drug-likeness (QED) is 0.436. The predicted molar refractivity (Wildman–Crippen MR) is 121 cm³/mol. The number of fused-ring (bicyclic) bond motifs is 1. The predicted octanol–water partition coefficient (Wildman–Crippen LogP) is 4.20. The minimum Gasteiger partial charge on any atom is -0.411 e. The molecule has 3 heterocycles. The van der Waals surface area contributed by atoms with Gasteiger partial charge in [-0.3, -0.25) is 9.88 Å². The van der Waals surface area contributed by atoms with Crippen molar-refractivity contribution in [1.82, 2.24) is 20.1 Å². The van der Waals surface area contributed by atoms with Crippen molar-refractivity contribution in [1.29, 1.82) is 0 Å². The van der Waals surface area contributed by atoms with Crippen molar-refractivity contribution < 1.29 is 4.42 Å². The number of rotatable bonds is 6. The van der Waals surface area contributed by atoms with E-state index in [0.717, 1.165) is 44.0 Å². The maximum absolute atomic E-state index is 5.76. The van der Waals surface area contributed by atoms with E-state index in [1.54, 1.807) is 24.2 Å². The molecule has 2 aromatic carbocycles. The first kappa shape index (κ1) is 19.1. The molecule has 5 rings (SSSR count). The Balaban J connectivity index is 1.12. The number of nitrogens with zero attached hydrogens (tertiary/aromatic N) is 5. The molecule has 1 aliphatic heterocycles. The lowest BCUT2D eigenvalue weighted by Crippen LogP contribution is -2.47. The average molecular weight is 418 g/mol. The van der Waals surface area contributed by atoms with Crippen LogP contribution in [0.15, 0.2) is 76.6 Å². The molecule has 0 atom stereocenters. The molecule has 0 unspecified atom stereocenters. The Morgan fingerprint density at radius 1 is 0.867 bits per heavy atom. The summed E-state index contributed by atoms with van der Waals surface area (Å²) in [7, 11) is 0. The van der Waals surface area contributed by atoms with Gasteiger partial charge in [-0.2, -0.15) is 0 Å². The van der Waals surface area contributed by atoms with E-state index in [-0.39, 0.29) is 0 Å². The Bertz CT molecular complexity index is 1100. The van der Waals surface area contributed by atoms with Crippen molar-refractivity contribution in [3.63, 3.8) is 0 Å². The molecule has 0 N–H and O–H groups in total. The molecule has 7 heteroatoms. The highest BCUT2D eigenvalue weighted by molar-refractivity contribution is 7.99. The number of thioether (sulfide) groups is 1. The molecule has 0 radical (unpaired) electrons. The summed E-state index contributed by atoms with van der Waals surface area (Å²) < 4.78 is 5.76.